The number of carbonyl (C=O) groups is 1. The maximum Gasteiger partial charge on any atom is 0.254 e. The van der Waals surface area contributed by atoms with Gasteiger partial charge in [0.05, 0.1) is 5.69 Å². The maximum atomic E-state index is 14.2. The average molecular weight is 330 g/mol. The quantitative estimate of drug-likeness (QED) is 0.832. The van der Waals surface area contributed by atoms with Crippen LogP contribution >= 0.6 is 0 Å². The zero-order chi connectivity index (χ0) is 17.3. The first-order chi connectivity index (χ1) is 11.5. The number of amides is 1. The fourth-order valence-corrected chi connectivity index (χ4v) is 2.73. The maximum absolute atomic E-state index is 14.2. The van der Waals surface area contributed by atoms with Crippen molar-refractivity contribution < 1.29 is 13.6 Å². The molecule has 1 fully saturated rings. The molecule has 0 bridgehead atoms. The SMILES string of the molecule is CN(C)c1ccc(C(=O)N(Cc2ccccc2F)C2CC2)cc1F. The van der Waals surface area contributed by atoms with Crippen LogP contribution in [-0.2, 0) is 6.54 Å². The Balaban J connectivity index is 1.85. The lowest BCUT2D eigenvalue weighted by molar-refractivity contribution is 0.0728. The number of carbonyl (C=O) groups excluding carboxylic acids is 1. The summed E-state index contributed by atoms with van der Waals surface area (Å²) >= 11 is 0. The molecule has 0 spiro atoms. The van der Waals surface area contributed by atoms with Crippen molar-refractivity contribution in [1.29, 1.82) is 0 Å². The summed E-state index contributed by atoms with van der Waals surface area (Å²) in [6.45, 7) is 0.202. The molecule has 0 atom stereocenters. The molecule has 0 saturated heterocycles. The molecule has 0 radical (unpaired) electrons. The van der Waals surface area contributed by atoms with Gasteiger partial charge in [-0.1, -0.05) is 18.2 Å². The summed E-state index contributed by atoms with van der Waals surface area (Å²) in [6, 6.07) is 11.0. The van der Waals surface area contributed by atoms with E-state index in [0.717, 1.165) is 12.8 Å². The minimum absolute atomic E-state index is 0.105. The largest absolute Gasteiger partial charge is 0.375 e. The van der Waals surface area contributed by atoms with Crippen molar-refractivity contribution in [2.45, 2.75) is 25.4 Å². The summed E-state index contributed by atoms with van der Waals surface area (Å²) in [5, 5.41) is 0. The van der Waals surface area contributed by atoms with Gasteiger partial charge in [-0.15, -0.1) is 0 Å². The van der Waals surface area contributed by atoms with E-state index in [9.17, 15) is 13.6 Å². The van der Waals surface area contributed by atoms with E-state index in [1.807, 2.05) is 0 Å². The van der Waals surface area contributed by atoms with E-state index in [-0.39, 0.29) is 24.3 Å². The number of anilines is 1. The predicted molar refractivity (Wildman–Crippen MR) is 90.0 cm³/mol. The monoisotopic (exact) mass is 330 g/mol. The third-order valence-corrected chi connectivity index (χ3v) is 4.22. The van der Waals surface area contributed by atoms with E-state index >= 15 is 0 Å². The van der Waals surface area contributed by atoms with Crippen molar-refractivity contribution in [2.24, 2.45) is 0 Å². The highest BCUT2D eigenvalue weighted by molar-refractivity contribution is 5.95. The van der Waals surface area contributed by atoms with Crippen molar-refractivity contribution in [3.63, 3.8) is 0 Å². The first-order valence-electron chi connectivity index (χ1n) is 7.98. The molecule has 0 heterocycles. The van der Waals surface area contributed by atoms with Gasteiger partial charge in [-0.2, -0.15) is 0 Å². The molecule has 1 aliphatic rings. The number of rotatable bonds is 5. The van der Waals surface area contributed by atoms with E-state index in [4.69, 9.17) is 0 Å². The first kappa shape index (κ1) is 16.4. The first-order valence-corrected chi connectivity index (χ1v) is 7.98. The van der Waals surface area contributed by atoms with Gasteiger partial charge in [-0.25, -0.2) is 8.78 Å². The number of halogens is 2. The summed E-state index contributed by atoms with van der Waals surface area (Å²) in [6.07, 6.45) is 1.80. The lowest BCUT2D eigenvalue weighted by atomic mass is 10.1. The molecule has 5 heteroatoms. The molecule has 3 rings (SSSR count). The fourth-order valence-electron chi connectivity index (χ4n) is 2.73. The average Bonchev–Trinajstić information content (AvgIpc) is 3.38. The molecule has 0 unspecified atom stereocenters. The van der Waals surface area contributed by atoms with E-state index in [2.05, 4.69) is 0 Å². The second kappa shape index (κ2) is 6.59. The second-order valence-electron chi connectivity index (χ2n) is 6.32. The van der Waals surface area contributed by atoms with E-state index in [0.29, 0.717) is 16.8 Å². The van der Waals surface area contributed by atoms with Crippen LogP contribution in [0.4, 0.5) is 14.5 Å². The standard InChI is InChI=1S/C19H20F2N2O/c1-22(2)18-10-7-13(11-17(18)21)19(24)23(15-8-9-15)12-14-5-3-4-6-16(14)20/h3-7,10-11,15H,8-9,12H2,1-2H3. The lowest BCUT2D eigenvalue weighted by Crippen LogP contribution is -2.33. The number of hydrogen-bond acceptors (Lipinski definition) is 2. The molecule has 1 saturated carbocycles. The molecule has 1 aliphatic carbocycles. The molecule has 0 N–H and O–H groups in total. The van der Waals surface area contributed by atoms with Crippen LogP contribution in [0.1, 0.15) is 28.8 Å². The van der Waals surface area contributed by atoms with Gasteiger partial charge in [-0.3, -0.25) is 4.79 Å². The zero-order valence-corrected chi connectivity index (χ0v) is 13.8. The van der Waals surface area contributed by atoms with Gasteiger partial charge in [0, 0.05) is 37.8 Å². The van der Waals surface area contributed by atoms with E-state index in [1.54, 1.807) is 54.2 Å². The van der Waals surface area contributed by atoms with Crippen molar-refractivity contribution in [3.8, 4) is 0 Å². The molecular formula is C19H20F2N2O. The Labute approximate surface area is 140 Å². The summed E-state index contributed by atoms with van der Waals surface area (Å²) in [7, 11) is 3.49. The Morgan fingerprint density at radius 2 is 1.79 bits per heavy atom. The number of hydrogen-bond donors (Lipinski definition) is 0. The van der Waals surface area contributed by atoms with Crippen LogP contribution in [0.25, 0.3) is 0 Å². The van der Waals surface area contributed by atoms with Crippen LogP contribution in [0.2, 0.25) is 0 Å². The molecule has 0 aromatic heterocycles. The smallest absolute Gasteiger partial charge is 0.254 e. The Morgan fingerprint density at radius 3 is 2.38 bits per heavy atom. The van der Waals surface area contributed by atoms with E-state index in [1.165, 1.54) is 12.1 Å². The third kappa shape index (κ3) is 3.40. The van der Waals surface area contributed by atoms with Gasteiger partial charge in [0.15, 0.2) is 0 Å². The normalized spacial score (nSPS) is 13.7. The fraction of sp³-hybridized carbons (Fsp3) is 0.316. The number of nitrogens with zero attached hydrogens (tertiary/aromatic N) is 2. The summed E-state index contributed by atoms with van der Waals surface area (Å²) < 4.78 is 28.1. The number of benzene rings is 2. The van der Waals surface area contributed by atoms with Gasteiger partial charge in [0.1, 0.15) is 11.6 Å². The highest BCUT2D eigenvalue weighted by Gasteiger charge is 2.33. The molecule has 2 aromatic carbocycles. The second-order valence-corrected chi connectivity index (χ2v) is 6.32. The minimum atomic E-state index is -0.438. The van der Waals surface area contributed by atoms with Crippen molar-refractivity contribution in [1.82, 2.24) is 4.90 Å². The van der Waals surface area contributed by atoms with Gasteiger partial charge < -0.3 is 9.80 Å². The third-order valence-electron chi connectivity index (χ3n) is 4.22. The topological polar surface area (TPSA) is 23.6 Å². The van der Waals surface area contributed by atoms with Gasteiger partial charge in [0.25, 0.3) is 5.91 Å². The van der Waals surface area contributed by atoms with E-state index < -0.39 is 5.82 Å². The molecule has 0 aliphatic heterocycles. The Bertz CT molecular complexity index is 757. The van der Waals surface area contributed by atoms with Crippen LogP contribution in [0.15, 0.2) is 42.5 Å². The minimum Gasteiger partial charge on any atom is -0.375 e. The molecule has 3 nitrogen and oxygen atoms in total. The van der Waals surface area contributed by atoms with Crippen LogP contribution < -0.4 is 4.90 Å². The molecule has 2 aromatic rings. The molecular weight excluding hydrogens is 310 g/mol. The van der Waals surface area contributed by atoms with Gasteiger partial charge in [-0.05, 0) is 37.1 Å². The van der Waals surface area contributed by atoms with Crippen LogP contribution in [-0.4, -0.2) is 30.9 Å². The van der Waals surface area contributed by atoms with Gasteiger partial charge >= 0.3 is 0 Å². The highest BCUT2D eigenvalue weighted by Crippen LogP contribution is 2.31. The van der Waals surface area contributed by atoms with Crippen LogP contribution in [0.3, 0.4) is 0 Å². The van der Waals surface area contributed by atoms with Crippen LogP contribution in [0, 0.1) is 11.6 Å². The van der Waals surface area contributed by atoms with Crippen molar-refractivity contribution in [3.05, 3.63) is 65.2 Å². The summed E-state index contributed by atoms with van der Waals surface area (Å²) in [4.78, 5) is 16.1. The summed E-state index contributed by atoms with van der Waals surface area (Å²) in [5.74, 6) is -1.03. The van der Waals surface area contributed by atoms with Crippen molar-refractivity contribution >= 4 is 11.6 Å². The molecule has 1 amide bonds. The lowest BCUT2D eigenvalue weighted by Gasteiger charge is -2.23. The molecule has 24 heavy (non-hydrogen) atoms. The Morgan fingerprint density at radius 1 is 1.08 bits per heavy atom. The Kier molecular flexibility index (Phi) is 4.51. The highest BCUT2D eigenvalue weighted by atomic mass is 19.1. The predicted octanol–water partition coefficient (Wildman–Crippen LogP) is 3.84. The van der Waals surface area contributed by atoms with Crippen LogP contribution in [0.5, 0.6) is 0 Å². The zero-order valence-electron chi connectivity index (χ0n) is 13.8. The summed E-state index contributed by atoms with van der Waals surface area (Å²) in [5.41, 5.74) is 1.20. The molecule has 126 valence electrons. The van der Waals surface area contributed by atoms with Gasteiger partial charge in [0.2, 0.25) is 0 Å². The Hall–Kier alpha value is -2.43. The van der Waals surface area contributed by atoms with Crippen molar-refractivity contribution in [2.75, 3.05) is 19.0 Å².